The average Bonchev–Trinajstić information content (AvgIpc) is 2.15. The van der Waals surface area contributed by atoms with Crippen LogP contribution < -0.4 is 10.1 Å². The minimum Gasteiger partial charge on any atom is -0.404 e. The summed E-state index contributed by atoms with van der Waals surface area (Å²) in [5.74, 6) is -0.259. The van der Waals surface area contributed by atoms with Crippen LogP contribution in [0.25, 0.3) is 0 Å². The molecule has 6 heteroatoms. The van der Waals surface area contributed by atoms with E-state index in [1.54, 1.807) is 0 Å². The van der Waals surface area contributed by atoms with Crippen molar-refractivity contribution in [3.63, 3.8) is 0 Å². The first kappa shape index (κ1) is 10.2. The second kappa shape index (κ2) is 3.69. The first-order valence-corrected chi connectivity index (χ1v) is 4.49. The van der Waals surface area contributed by atoms with Crippen molar-refractivity contribution in [1.82, 2.24) is 10.3 Å². The van der Waals surface area contributed by atoms with Crippen LogP contribution in [-0.2, 0) is 13.0 Å². The third-order valence-electron chi connectivity index (χ3n) is 2.12. The number of pyridine rings is 1. The standard InChI is InChI=1S/C9H9F3N2O/c10-9(11,12)15-7-3-6-4-13-2-1-8(6)14-5-7/h3,5,13H,1-2,4H2. The fraction of sp³-hybridized carbons (Fsp3) is 0.444. The molecule has 0 atom stereocenters. The van der Waals surface area contributed by atoms with Crippen molar-refractivity contribution in [3.8, 4) is 5.75 Å². The number of rotatable bonds is 1. The molecule has 1 N–H and O–H groups in total. The Balaban J connectivity index is 2.21. The highest BCUT2D eigenvalue weighted by molar-refractivity contribution is 5.30. The van der Waals surface area contributed by atoms with E-state index in [1.165, 1.54) is 6.07 Å². The van der Waals surface area contributed by atoms with Gasteiger partial charge < -0.3 is 10.1 Å². The number of alkyl halides is 3. The number of nitrogens with one attached hydrogen (secondary N) is 1. The topological polar surface area (TPSA) is 34.1 Å². The summed E-state index contributed by atoms with van der Waals surface area (Å²) in [6.45, 7) is 1.34. The van der Waals surface area contributed by atoms with Crippen LogP contribution in [0.15, 0.2) is 12.3 Å². The third-order valence-corrected chi connectivity index (χ3v) is 2.12. The lowest BCUT2D eigenvalue weighted by Crippen LogP contribution is -2.25. The number of hydrogen-bond acceptors (Lipinski definition) is 3. The molecular formula is C9H9F3N2O. The van der Waals surface area contributed by atoms with Crippen molar-refractivity contribution in [3.05, 3.63) is 23.5 Å². The van der Waals surface area contributed by atoms with E-state index >= 15 is 0 Å². The van der Waals surface area contributed by atoms with Crippen LogP contribution in [0.5, 0.6) is 5.75 Å². The molecule has 2 rings (SSSR count). The van der Waals surface area contributed by atoms with Gasteiger partial charge in [0.2, 0.25) is 0 Å². The van der Waals surface area contributed by atoms with E-state index < -0.39 is 6.36 Å². The SMILES string of the molecule is FC(F)(F)Oc1cnc2c(c1)CNCC2. The van der Waals surface area contributed by atoms with Crippen LogP contribution in [-0.4, -0.2) is 17.9 Å². The highest BCUT2D eigenvalue weighted by Crippen LogP contribution is 2.24. The first-order valence-electron chi connectivity index (χ1n) is 4.49. The van der Waals surface area contributed by atoms with Crippen LogP contribution in [0, 0.1) is 0 Å². The van der Waals surface area contributed by atoms with Crippen molar-refractivity contribution in [2.75, 3.05) is 6.54 Å². The Morgan fingerprint density at radius 3 is 2.93 bits per heavy atom. The van der Waals surface area contributed by atoms with Crippen molar-refractivity contribution < 1.29 is 17.9 Å². The molecule has 1 aromatic rings. The molecule has 0 radical (unpaired) electrons. The van der Waals surface area contributed by atoms with Gasteiger partial charge in [0.15, 0.2) is 0 Å². The van der Waals surface area contributed by atoms with Gasteiger partial charge in [0.1, 0.15) is 5.75 Å². The second-order valence-electron chi connectivity index (χ2n) is 3.25. The molecule has 1 aliphatic rings. The maximum atomic E-state index is 11.9. The monoisotopic (exact) mass is 218 g/mol. The molecular weight excluding hydrogens is 209 g/mol. The number of ether oxygens (including phenoxy) is 1. The molecule has 0 fully saturated rings. The number of hydrogen-bond donors (Lipinski definition) is 1. The van der Waals surface area contributed by atoms with Crippen LogP contribution in [0.2, 0.25) is 0 Å². The summed E-state index contributed by atoms with van der Waals surface area (Å²) in [4.78, 5) is 3.94. The molecule has 0 unspecified atom stereocenters. The third kappa shape index (κ3) is 2.59. The van der Waals surface area contributed by atoms with E-state index in [9.17, 15) is 13.2 Å². The van der Waals surface area contributed by atoms with Gasteiger partial charge in [-0.05, 0) is 11.6 Å². The van der Waals surface area contributed by atoms with Crippen LogP contribution in [0.1, 0.15) is 11.3 Å². The minimum atomic E-state index is -4.65. The predicted octanol–water partition coefficient (Wildman–Crippen LogP) is 1.63. The highest BCUT2D eigenvalue weighted by atomic mass is 19.4. The highest BCUT2D eigenvalue weighted by Gasteiger charge is 2.31. The van der Waals surface area contributed by atoms with E-state index in [4.69, 9.17) is 0 Å². The lowest BCUT2D eigenvalue weighted by Gasteiger charge is -2.17. The summed E-state index contributed by atoms with van der Waals surface area (Å²) in [5.41, 5.74) is 1.60. The first-order chi connectivity index (χ1) is 7.04. The largest absolute Gasteiger partial charge is 0.573 e. The van der Waals surface area contributed by atoms with Gasteiger partial charge >= 0.3 is 6.36 Å². The van der Waals surface area contributed by atoms with E-state index in [1.807, 2.05) is 0 Å². The summed E-state index contributed by atoms with van der Waals surface area (Å²) >= 11 is 0. The average molecular weight is 218 g/mol. The number of nitrogens with zero attached hydrogens (tertiary/aromatic N) is 1. The molecule has 0 saturated carbocycles. The Hall–Kier alpha value is -1.30. The van der Waals surface area contributed by atoms with Crippen molar-refractivity contribution in [2.45, 2.75) is 19.3 Å². The summed E-state index contributed by atoms with van der Waals surface area (Å²) in [6, 6.07) is 1.38. The summed E-state index contributed by atoms with van der Waals surface area (Å²) in [6.07, 6.45) is -2.81. The molecule has 0 saturated heterocycles. The van der Waals surface area contributed by atoms with Gasteiger partial charge in [0, 0.05) is 25.2 Å². The summed E-state index contributed by atoms with van der Waals surface area (Å²) in [5, 5.41) is 3.05. The number of halogens is 3. The van der Waals surface area contributed by atoms with E-state index in [0.717, 1.165) is 30.4 Å². The Morgan fingerprint density at radius 2 is 2.20 bits per heavy atom. The molecule has 82 valence electrons. The fourth-order valence-electron chi connectivity index (χ4n) is 1.51. The van der Waals surface area contributed by atoms with Crippen molar-refractivity contribution in [2.24, 2.45) is 0 Å². The van der Waals surface area contributed by atoms with Crippen molar-refractivity contribution in [1.29, 1.82) is 0 Å². The molecule has 1 aliphatic heterocycles. The minimum absolute atomic E-state index is 0.259. The molecule has 15 heavy (non-hydrogen) atoms. The predicted molar refractivity (Wildman–Crippen MR) is 46.3 cm³/mol. The molecule has 3 nitrogen and oxygen atoms in total. The van der Waals surface area contributed by atoms with Gasteiger partial charge in [0.05, 0.1) is 6.20 Å². The molecule has 0 spiro atoms. The Kier molecular flexibility index (Phi) is 2.52. The Labute approximate surface area is 84.3 Å². The van der Waals surface area contributed by atoms with Gasteiger partial charge in [-0.1, -0.05) is 0 Å². The quantitative estimate of drug-likeness (QED) is 0.777. The van der Waals surface area contributed by atoms with Gasteiger partial charge in [0.25, 0.3) is 0 Å². The zero-order valence-corrected chi connectivity index (χ0v) is 7.77. The van der Waals surface area contributed by atoms with E-state index in [-0.39, 0.29) is 5.75 Å². The Morgan fingerprint density at radius 1 is 1.40 bits per heavy atom. The van der Waals surface area contributed by atoms with Gasteiger partial charge in [-0.25, -0.2) is 0 Å². The zero-order valence-electron chi connectivity index (χ0n) is 7.77. The molecule has 0 aliphatic carbocycles. The maximum Gasteiger partial charge on any atom is 0.573 e. The van der Waals surface area contributed by atoms with Crippen LogP contribution >= 0.6 is 0 Å². The molecule has 2 heterocycles. The summed E-state index contributed by atoms with van der Waals surface area (Å²) < 4.78 is 39.5. The van der Waals surface area contributed by atoms with Gasteiger partial charge in [-0.2, -0.15) is 0 Å². The number of aromatic nitrogens is 1. The Bertz CT molecular complexity index is 365. The molecule has 1 aromatic heterocycles. The van der Waals surface area contributed by atoms with Gasteiger partial charge in [-0.15, -0.1) is 13.2 Å². The molecule has 0 bridgehead atoms. The lowest BCUT2D eigenvalue weighted by molar-refractivity contribution is -0.274. The van der Waals surface area contributed by atoms with Gasteiger partial charge in [-0.3, -0.25) is 4.98 Å². The normalized spacial score (nSPS) is 15.9. The zero-order chi connectivity index (χ0) is 10.9. The van der Waals surface area contributed by atoms with E-state index in [2.05, 4.69) is 15.0 Å². The molecule has 0 aromatic carbocycles. The fourth-order valence-corrected chi connectivity index (χ4v) is 1.51. The second-order valence-corrected chi connectivity index (χ2v) is 3.25. The number of fused-ring (bicyclic) bond motifs is 1. The molecule has 0 amide bonds. The maximum absolute atomic E-state index is 11.9. The van der Waals surface area contributed by atoms with Crippen molar-refractivity contribution >= 4 is 0 Å². The lowest BCUT2D eigenvalue weighted by atomic mass is 10.1. The smallest absolute Gasteiger partial charge is 0.404 e. The van der Waals surface area contributed by atoms with Crippen LogP contribution in [0.3, 0.4) is 0 Å². The summed E-state index contributed by atoms with van der Waals surface area (Å²) in [7, 11) is 0. The van der Waals surface area contributed by atoms with Crippen LogP contribution in [0.4, 0.5) is 13.2 Å². The van der Waals surface area contributed by atoms with E-state index in [0.29, 0.717) is 6.54 Å².